The van der Waals surface area contributed by atoms with E-state index in [1.165, 1.54) is 12.5 Å². The molecule has 212 valence electrons. The average molecular weight is 545 g/mol. The quantitative estimate of drug-likeness (QED) is 0.103. The normalized spacial score (nSPS) is 13.9. The van der Waals surface area contributed by atoms with Crippen LogP contribution >= 0.6 is 0 Å². The fraction of sp³-hybridized carbons (Fsp3) is 0.440. The van der Waals surface area contributed by atoms with E-state index in [4.69, 9.17) is 17.2 Å². The van der Waals surface area contributed by atoms with Gasteiger partial charge in [0.1, 0.15) is 18.1 Å². The fourth-order valence-corrected chi connectivity index (χ4v) is 3.77. The molecule has 4 unspecified atom stereocenters. The molecule has 1 heterocycles. The Balaban J connectivity index is 2.21. The number of carbonyl (C=O) groups is 5. The summed E-state index contributed by atoms with van der Waals surface area (Å²) in [7, 11) is 0. The van der Waals surface area contributed by atoms with Gasteiger partial charge in [-0.1, -0.05) is 30.3 Å². The Morgan fingerprint density at radius 3 is 2.13 bits per heavy atom. The zero-order chi connectivity index (χ0) is 28.8. The van der Waals surface area contributed by atoms with Crippen LogP contribution in [-0.4, -0.2) is 75.4 Å². The van der Waals surface area contributed by atoms with Crippen LogP contribution in [0.5, 0.6) is 0 Å². The van der Waals surface area contributed by atoms with Crippen LogP contribution in [0.4, 0.5) is 0 Å². The van der Waals surface area contributed by atoms with Crippen LogP contribution in [0, 0.1) is 0 Å². The maximum Gasteiger partial charge on any atom is 0.326 e. The number of H-pyrrole nitrogens is 1. The Morgan fingerprint density at radius 2 is 1.54 bits per heavy atom. The summed E-state index contributed by atoms with van der Waals surface area (Å²) in [5, 5.41) is 17.2. The van der Waals surface area contributed by atoms with Gasteiger partial charge >= 0.3 is 5.97 Å². The Bertz CT molecular complexity index is 1100. The molecule has 14 heteroatoms. The lowest BCUT2D eigenvalue weighted by molar-refractivity contribution is -0.142. The van der Waals surface area contributed by atoms with Crippen molar-refractivity contribution in [1.82, 2.24) is 25.9 Å². The molecule has 1 aromatic heterocycles. The standard InChI is InChI=1S/C25H36N8O6/c26-9-5-4-8-18(23(36)33-20(25(38)39)11-16-13-29-14-30-16)31-24(37)19(10-15-6-2-1-3-7-15)32-22(35)17(27)12-21(28)34/h1-3,6-7,13-14,17-20H,4-5,8-12,26-27H2,(H2,28,34)(H,29,30)(H,31,37)(H,32,35)(H,33,36)(H,38,39). The first kappa shape index (κ1) is 30.9. The predicted molar refractivity (Wildman–Crippen MR) is 141 cm³/mol. The number of aliphatic carboxylic acids is 1. The summed E-state index contributed by atoms with van der Waals surface area (Å²) in [6.07, 6.45) is 3.67. The number of aromatic nitrogens is 2. The number of carboxylic acids is 1. The molecule has 0 aliphatic heterocycles. The van der Waals surface area contributed by atoms with Crippen molar-refractivity contribution in [3.8, 4) is 0 Å². The summed E-state index contributed by atoms with van der Waals surface area (Å²) in [5.41, 5.74) is 17.7. The van der Waals surface area contributed by atoms with Crippen LogP contribution in [0.2, 0.25) is 0 Å². The molecule has 0 saturated heterocycles. The number of benzene rings is 1. The number of imidazole rings is 1. The van der Waals surface area contributed by atoms with Gasteiger partial charge in [-0.15, -0.1) is 0 Å². The number of hydrogen-bond donors (Lipinski definition) is 8. The summed E-state index contributed by atoms with van der Waals surface area (Å²) < 4.78 is 0. The second-order valence-corrected chi connectivity index (χ2v) is 9.05. The highest BCUT2D eigenvalue weighted by Crippen LogP contribution is 2.08. The van der Waals surface area contributed by atoms with Crippen molar-refractivity contribution in [2.24, 2.45) is 17.2 Å². The lowest BCUT2D eigenvalue weighted by Gasteiger charge is -2.25. The molecule has 0 saturated carbocycles. The van der Waals surface area contributed by atoms with E-state index in [1.807, 2.05) is 0 Å². The molecule has 39 heavy (non-hydrogen) atoms. The van der Waals surface area contributed by atoms with Gasteiger partial charge < -0.3 is 43.2 Å². The summed E-state index contributed by atoms with van der Waals surface area (Å²) in [4.78, 5) is 68.7. The van der Waals surface area contributed by atoms with E-state index in [0.29, 0.717) is 25.1 Å². The summed E-state index contributed by atoms with van der Waals surface area (Å²) >= 11 is 0. The van der Waals surface area contributed by atoms with E-state index in [-0.39, 0.29) is 19.3 Å². The third-order valence-corrected chi connectivity index (χ3v) is 5.85. The van der Waals surface area contributed by atoms with Crippen molar-refractivity contribution < 1.29 is 29.1 Å². The predicted octanol–water partition coefficient (Wildman–Crippen LogP) is -1.93. The Kier molecular flexibility index (Phi) is 12.6. The highest BCUT2D eigenvalue weighted by atomic mass is 16.4. The average Bonchev–Trinajstić information content (AvgIpc) is 3.40. The van der Waals surface area contributed by atoms with Crippen LogP contribution < -0.4 is 33.2 Å². The summed E-state index contributed by atoms with van der Waals surface area (Å²) in [5.74, 6) is -4.20. The first-order valence-electron chi connectivity index (χ1n) is 12.5. The SMILES string of the molecule is NCCCCC(NC(=O)C(Cc1ccccc1)NC(=O)C(N)CC(N)=O)C(=O)NC(Cc1cnc[nH]1)C(=O)O. The summed E-state index contributed by atoms with van der Waals surface area (Å²) in [6, 6.07) is 4.03. The minimum absolute atomic E-state index is 0.0466. The van der Waals surface area contributed by atoms with E-state index in [0.717, 1.165) is 5.56 Å². The Hall–Kier alpha value is -4.30. The van der Waals surface area contributed by atoms with E-state index >= 15 is 0 Å². The minimum atomic E-state index is -1.28. The number of hydrogen-bond acceptors (Lipinski definition) is 8. The number of amides is 4. The van der Waals surface area contributed by atoms with E-state index in [9.17, 15) is 29.1 Å². The molecular formula is C25H36N8O6. The van der Waals surface area contributed by atoms with Gasteiger partial charge in [-0.25, -0.2) is 9.78 Å². The molecule has 0 aliphatic rings. The van der Waals surface area contributed by atoms with E-state index in [2.05, 4.69) is 25.9 Å². The van der Waals surface area contributed by atoms with Crippen molar-refractivity contribution in [2.75, 3.05) is 6.54 Å². The van der Waals surface area contributed by atoms with Gasteiger partial charge in [-0.05, 0) is 31.4 Å². The molecule has 1 aromatic carbocycles. The number of rotatable bonds is 17. The molecule has 0 spiro atoms. The first-order valence-corrected chi connectivity index (χ1v) is 12.5. The van der Waals surface area contributed by atoms with Gasteiger partial charge in [-0.2, -0.15) is 0 Å². The number of primary amides is 1. The van der Waals surface area contributed by atoms with Crippen LogP contribution in [0.3, 0.4) is 0 Å². The molecule has 11 N–H and O–H groups in total. The topological polar surface area (TPSA) is 248 Å². The Labute approximate surface area is 225 Å². The maximum atomic E-state index is 13.4. The lowest BCUT2D eigenvalue weighted by atomic mass is 10.0. The molecule has 4 atom stereocenters. The minimum Gasteiger partial charge on any atom is -0.480 e. The van der Waals surface area contributed by atoms with Gasteiger partial charge in [0.15, 0.2) is 0 Å². The molecule has 0 aliphatic carbocycles. The van der Waals surface area contributed by atoms with E-state index < -0.39 is 60.2 Å². The van der Waals surface area contributed by atoms with Crippen LogP contribution in [0.25, 0.3) is 0 Å². The number of carboxylic acid groups (broad SMARTS) is 1. The van der Waals surface area contributed by atoms with E-state index in [1.54, 1.807) is 30.3 Å². The first-order chi connectivity index (χ1) is 18.6. The van der Waals surface area contributed by atoms with Crippen molar-refractivity contribution in [2.45, 2.75) is 62.7 Å². The Morgan fingerprint density at radius 1 is 0.897 bits per heavy atom. The zero-order valence-electron chi connectivity index (χ0n) is 21.5. The van der Waals surface area contributed by atoms with Gasteiger partial charge in [0.2, 0.25) is 23.6 Å². The largest absolute Gasteiger partial charge is 0.480 e. The molecule has 4 amide bonds. The number of carbonyl (C=O) groups excluding carboxylic acids is 4. The van der Waals surface area contributed by atoms with Gasteiger partial charge in [0, 0.05) is 24.7 Å². The second-order valence-electron chi connectivity index (χ2n) is 9.05. The van der Waals surface area contributed by atoms with Gasteiger partial charge in [0.05, 0.1) is 18.8 Å². The van der Waals surface area contributed by atoms with Crippen molar-refractivity contribution >= 4 is 29.6 Å². The van der Waals surface area contributed by atoms with Gasteiger partial charge in [-0.3, -0.25) is 19.2 Å². The third-order valence-electron chi connectivity index (χ3n) is 5.85. The third kappa shape index (κ3) is 10.9. The summed E-state index contributed by atoms with van der Waals surface area (Å²) in [6.45, 7) is 0.365. The number of nitrogens with zero attached hydrogens (tertiary/aromatic N) is 1. The maximum absolute atomic E-state index is 13.4. The molecular weight excluding hydrogens is 508 g/mol. The van der Waals surface area contributed by atoms with Crippen LogP contribution in [0.1, 0.15) is 36.9 Å². The molecule has 2 aromatic rings. The van der Waals surface area contributed by atoms with Crippen LogP contribution in [0.15, 0.2) is 42.9 Å². The monoisotopic (exact) mass is 544 g/mol. The smallest absolute Gasteiger partial charge is 0.326 e. The molecule has 0 radical (unpaired) electrons. The zero-order valence-corrected chi connectivity index (χ0v) is 21.5. The fourth-order valence-electron chi connectivity index (χ4n) is 3.77. The molecule has 2 rings (SSSR count). The number of nitrogens with two attached hydrogens (primary N) is 3. The molecule has 0 bridgehead atoms. The molecule has 14 nitrogen and oxygen atoms in total. The molecule has 0 fully saturated rings. The lowest BCUT2D eigenvalue weighted by Crippen LogP contribution is -2.58. The van der Waals surface area contributed by atoms with Crippen molar-refractivity contribution in [1.29, 1.82) is 0 Å². The highest BCUT2D eigenvalue weighted by molar-refractivity contribution is 5.95. The van der Waals surface area contributed by atoms with Gasteiger partial charge in [0.25, 0.3) is 0 Å². The second kappa shape index (κ2) is 15.8. The number of aromatic amines is 1. The van der Waals surface area contributed by atoms with Crippen molar-refractivity contribution in [3.63, 3.8) is 0 Å². The number of unbranched alkanes of at least 4 members (excludes halogenated alkanes) is 1. The van der Waals surface area contributed by atoms with Crippen molar-refractivity contribution in [3.05, 3.63) is 54.1 Å². The number of nitrogens with one attached hydrogen (secondary N) is 4. The highest BCUT2D eigenvalue weighted by Gasteiger charge is 2.30. The van der Waals surface area contributed by atoms with Crippen LogP contribution in [-0.2, 0) is 36.8 Å².